The van der Waals surface area contributed by atoms with Crippen LogP contribution in [0, 0.1) is 13.8 Å². The van der Waals surface area contributed by atoms with E-state index in [1.165, 1.54) is 6.26 Å². The highest BCUT2D eigenvalue weighted by Gasteiger charge is 2.19. The lowest BCUT2D eigenvalue weighted by Gasteiger charge is -2.13. The Morgan fingerprint density at radius 1 is 1.19 bits per heavy atom. The highest BCUT2D eigenvalue weighted by molar-refractivity contribution is 5.99. The first-order chi connectivity index (χ1) is 12.5. The third-order valence-corrected chi connectivity index (χ3v) is 4.22. The summed E-state index contributed by atoms with van der Waals surface area (Å²) in [5.74, 6) is -0.319. The maximum Gasteiger partial charge on any atom is 0.340 e. The van der Waals surface area contributed by atoms with Gasteiger partial charge in [0.1, 0.15) is 5.76 Å². The number of carbonyl (C=O) groups excluding carboxylic acids is 2. The number of rotatable bonds is 5. The number of amides is 1. The van der Waals surface area contributed by atoms with Crippen molar-refractivity contribution in [2.75, 3.05) is 6.61 Å². The average Bonchev–Trinajstić information content (AvgIpc) is 3.15. The number of pyridine rings is 1. The zero-order valence-corrected chi connectivity index (χ0v) is 14.9. The molecule has 0 aliphatic rings. The van der Waals surface area contributed by atoms with Crippen LogP contribution in [0.1, 0.15) is 40.3 Å². The Labute approximate surface area is 151 Å². The number of esters is 1. The number of nitrogens with one attached hydrogen (secondary N) is 1. The first-order valence-corrected chi connectivity index (χ1v) is 8.33. The van der Waals surface area contributed by atoms with Gasteiger partial charge in [-0.3, -0.25) is 9.78 Å². The topological polar surface area (TPSA) is 81.4 Å². The summed E-state index contributed by atoms with van der Waals surface area (Å²) in [6.45, 7) is 5.04. The summed E-state index contributed by atoms with van der Waals surface area (Å²) in [5.41, 5.74) is 2.60. The van der Waals surface area contributed by atoms with Crippen LogP contribution in [-0.2, 0) is 9.53 Å². The van der Waals surface area contributed by atoms with Crippen LogP contribution in [0.25, 0.3) is 10.9 Å². The van der Waals surface area contributed by atoms with E-state index < -0.39 is 11.9 Å². The number of benzene rings is 1. The van der Waals surface area contributed by atoms with Gasteiger partial charge in [-0.25, -0.2) is 4.79 Å². The van der Waals surface area contributed by atoms with Crippen LogP contribution >= 0.6 is 0 Å². The summed E-state index contributed by atoms with van der Waals surface area (Å²) in [6.07, 6.45) is 1.54. The molecule has 0 saturated heterocycles. The number of aryl methyl sites for hydroxylation is 2. The van der Waals surface area contributed by atoms with Gasteiger partial charge in [0.25, 0.3) is 5.91 Å². The van der Waals surface area contributed by atoms with E-state index in [9.17, 15) is 9.59 Å². The van der Waals surface area contributed by atoms with Crippen molar-refractivity contribution in [1.82, 2.24) is 10.3 Å². The molecular formula is C20H20N2O4. The molecular weight excluding hydrogens is 332 g/mol. The minimum Gasteiger partial charge on any atom is -0.467 e. The Morgan fingerprint density at radius 3 is 2.69 bits per heavy atom. The molecule has 2 heterocycles. The van der Waals surface area contributed by atoms with Gasteiger partial charge < -0.3 is 14.5 Å². The quantitative estimate of drug-likeness (QED) is 0.711. The van der Waals surface area contributed by atoms with E-state index in [2.05, 4.69) is 10.3 Å². The molecule has 1 atom stereocenters. The van der Waals surface area contributed by atoms with Gasteiger partial charge in [-0.2, -0.15) is 0 Å². The van der Waals surface area contributed by atoms with Gasteiger partial charge in [-0.15, -0.1) is 0 Å². The predicted octanol–water partition coefficient (Wildman–Crippen LogP) is 3.48. The van der Waals surface area contributed by atoms with Gasteiger partial charge in [-0.05, 0) is 44.5 Å². The predicted molar refractivity (Wildman–Crippen MR) is 96.8 cm³/mol. The monoisotopic (exact) mass is 352 g/mol. The first-order valence-electron chi connectivity index (χ1n) is 8.33. The normalized spacial score (nSPS) is 12.0. The van der Waals surface area contributed by atoms with Gasteiger partial charge in [0.05, 0.1) is 29.1 Å². The maximum absolute atomic E-state index is 12.5. The molecule has 0 aliphatic carbocycles. The second-order valence-corrected chi connectivity index (χ2v) is 6.10. The van der Waals surface area contributed by atoms with Gasteiger partial charge in [0.15, 0.2) is 6.61 Å². The maximum atomic E-state index is 12.5. The molecule has 0 bridgehead atoms. The SMILES string of the molecule is Cc1nc2ccccc2c(C)c1C(=O)OCC(=O)N[C@@H](C)c1ccco1. The smallest absolute Gasteiger partial charge is 0.340 e. The molecule has 0 unspecified atom stereocenters. The van der Waals surface area contributed by atoms with E-state index >= 15 is 0 Å². The third kappa shape index (κ3) is 3.59. The van der Waals surface area contributed by atoms with Crippen molar-refractivity contribution >= 4 is 22.8 Å². The van der Waals surface area contributed by atoms with Crippen molar-refractivity contribution in [3.05, 3.63) is 65.2 Å². The molecule has 1 aromatic carbocycles. The number of aromatic nitrogens is 1. The Kier molecular flexibility index (Phi) is 5.02. The van der Waals surface area contributed by atoms with Crippen LogP contribution in [0.4, 0.5) is 0 Å². The lowest BCUT2D eigenvalue weighted by Crippen LogP contribution is -2.31. The van der Waals surface area contributed by atoms with Crippen LogP contribution < -0.4 is 5.32 Å². The second-order valence-electron chi connectivity index (χ2n) is 6.10. The van der Waals surface area contributed by atoms with Crippen LogP contribution in [0.15, 0.2) is 47.1 Å². The Bertz CT molecular complexity index is 948. The third-order valence-electron chi connectivity index (χ3n) is 4.22. The molecule has 6 heteroatoms. The molecule has 2 aromatic heterocycles. The van der Waals surface area contributed by atoms with Crippen LogP contribution in [0.2, 0.25) is 0 Å². The van der Waals surface area contributed by atoms with E-state index in [0.717, 1.165) is 16.5 Å². The molecule has 0 saturated carbocycles. The van der Waals surface area contributed by atoms with Crippen molar-refractivity contribution in [2.45, 2.75) is 26.8 Å². The van der Waals surface area contributed by atoms with E-state index in [-0.39, 0.29) is 12.6 Å². The van der Waals surface area contributed by atoms with Crippen molar-refractivity contribution in [3.8, 4) is 0 Å². The highest BCUT2D eigenvalue weighted by atomic mass is 16.5. The number of carbonyl (C=O) groups is 2. The summed E-state index contributed by atoms with van der Waals surface area (Å²) in [5, 5.41) is 3.61. The van der Waals surface area contributed by atoms with Crippen molar-refractivity contribution < 1.29 is 18.7 Å². The lowest BCUT2D eigenvalue weighted by molar-refractivity contribution is -0.125. The molecule has 3 rings (SSSR count). The van der Waals surface area contributed by atoms with E-state index in [1.807, 2.05) is 31.2 Å². The minimum atomic E-state index is -0.556. The number of hydrogen-bond acceptors (Lipinski definition) is 5. The molecule has 26 heavy (non-hydrogen) atoms. The number of fused-ring (bicyclic) bond motifs is 1. The first kappa shape index (κ1) is 17.7. The van der Waals surface area contributed by atoms with Crippen LogP contribution in [0.5, 0.6) is 0 Å². The summed E-state index contributed by atoms with van der Waals surface area (Å²) >= 11 is 0. The number of furan rings is 1. The molecule has 0 radical (unpaired) electrons. The summed E-state index contributed by atoms with van der Waals surface area (Å²) < 4.78 is 10.4. The number of nitrogens with zero attached hydrogens (tertiary/aromatic N) is 1. The fraction of sp³-hybridized carbons (Fsp3) is 0.250. The molecule has 0 aliphatic heterocycles. The second kappa shape index (κ2) is 7.39. The van der Waals surface area contributed by atoms with Gasteiger partial charge in [-0.1, -0.05) is 18.2 Å². The number of hydrogen-bond donors (Lipinski definition) is 1. The van der Waals surface area contributed by atoms with Crippen LogP contribution in [-0.4, -0.2) is 23.5 Å². The Balaban J connectivity index is 1.68. The minimum absolute atomic E-state index is 0.304. The summed E-state index contributed by atoms with van der Waals surface area (Å²) in [6, 6.07) is 10.8. The zero-order chi connectivity index (χ0) is 18.7. The standard InChI is InChI=1S/C20H20N2O4/c1-12-15-7-4-5-8-16(15)21-14(3)19(12)20(24)26-11-18(23)22-13(2)17-9-6-10-25-17/h4-10,13H,11H2,1-3H3,(H,22,23)/t13-/m0/s1. The number of ether oxygens (including phenoxy) is 1. The summed E-state index contributed by atoms with van der Waals surface area (Å²) in [7, 11) is 0. The molecule has 0 fully saturated rings. The van der Waals surface area contributed by atoms with E-state index in [1.54, 1.807) is 26.0 Å². The van der Waals surface area contributed by atoms with Crippen molar-refractivity contribution in [2.24, 2.45) is 0 Å². The van der Waals surface area contributed by atoms with E-state index in [4.69, 9.17) is 9.15 Å². The highest BCUT2D eigenvalue weighted by Crippen LogP contribution is 2.23. The Hall–Kier alpha value is -3.15. The van der Waals surface area contributed by atoms with Crippen molar-refractivity contribution in [1.29, 1.82) is 0 Å². The molecule has 1 amide bonds. The van der Waals surface area contributed by atoms with Crippen LogP contribution in [0.3, 0.4) is 0 Å². The fourth-order valence-electron chi connectivity index (χ4n) is 2.93. The molecule has 134 valence electrons. The molecule has 6 nitrogen and oxygen atoms in total. The molecule has 0 spiro atoms. The van der Waals surface area contributed by atoms with E-state index in [0.29, 0.717) is 17.0 Å². The van der Waals surface area contributed by atoms with Gasteiger partial charge >= 0.3 is 5.97 Å². The number of para-hydroxylation sites is 1. The van der Waals surface area contributed by atoms with Gasteiger partial charge in [0.2, 0.25) is 0 Å². The zero-order valence-electron chi connectivity index (χ0n) is 14.9. The average molecular weight is 352 g/mol. The lowest BCUT2D eigenvalue weighted by atomic mass is 10.0. The largest absolute Gasteiger partial charge is 0.467 e. The summed E-state index contributed by atoms with van der Waals surface area (Å²) in [4.78, 5) is 29.0. The fourth-order valence-corrected chi connectivity index (χ4v) is 2.93. The molecule has 3 aromatic rings. The van der Waals surface area contributed by atoms with Crippen molar-refractivity contribution in [3.63, 3.8) is 0 Å². The molecule has 1 N–H and O–H groups in total. The Morgan fingerprint density at radius 2 is 1.96 bits per heavy atom. The van der Waals surface area contributed by atoms with Gasteiger partial charge in [0, 0.05) is 5.39 Å².